The Balaban J connectivity index is 1.48. The average molecular weight is 400 g/mol. The van der Waals surface area contributed by atoms with Gasteiger partial charge in [0.1, 0.15) is 12.4 Å². The number of piperazine rings is 1. The summed E-state index contributed by atoms with van der Waals surface area (Å²) >= 11 is 6.46. The summed E-state index contributed by atoms with van der Waals surface area (Å²) in [5.41, 5.74) is 2.99. The van der Waals surface area contributed by atoms with Crippen LogP contribution in [0.1, 0.15) is 18.1 Å². The van der Waals surface area contributed by atoms with Crippen LogP contribution < -0.4 is 9.64 Å². The number of nitrogens with zero attached hydrogens (tertiary/aromatic N) is 3. The summed E-state index contributed by atoms with van der Waals surface area (Å²) in [6.07, 6.45) is 0.484. The Morgan fingerprint density at radius 3 is 2.46 bits per heavy atom. The monoisotopic (exact) mass is 399 g/mol. The first-order valence-electron chi connectivity index (χ1n) is 9.62. The number of aliphatic hydroxyl groups excluding tert-OH is 1. The van der Waals surface area contributed by atoms with Crippen LogP contribution in [0.3, 0.4) is 0 Å². The van der Waals surface area contributed by atoms with Gasteiger partial charge in [0, 0.05) is 38.8 Å². The van der Waals surface area contributed by atoms with Gasteiger partial charge in [0.05, 0.1) is 28.4 Å². The van der Waals surface area contributed by atoms with Gasteiger partial charge in [-0.2, -0.15) is 5.26 Å². The number of hydrogen-bond donors (Lipinski definition) is 1. The minimum atomic E-state index is -0.504. The van der Waals surface area contributed by atoms with Crippen molar-refractivity contribution in [1.29, 1.82) is 5.26 Å². The standard InChI is InChI=1S/C22H26ClN3O2/c1-17(27)16-28-20-6-7-22(21(23)14-20)26-12-10-25(11-13-26)9-8-18-2-4-19(15-24)5-3-18/h2-7,14,17,27H,8-13,16H2,1H3/t17-/m0/s1. The smallest absolute Gasteiger partial charge is 0.121 e. The van der Waals surface area contributed by atoms with Gasteiger partial charge in [-0.1, -0.05) is 23.7 Å². The number of hydrogen-bond acceptors (Lipinski definition) is 5. The molecule has 0 aromatic heterocycles. The molecule has 28 heavy (non-hydrogen) atoms. The Morgan fingerprint density at radius 2 is 1.86 bits per heavy atom. The molecular formula is C22H26ClN3O2. The van der Waals surface area contributed by atoms with Crippen LogP contribution in [0.5, 0.6) is 5.75 Å². The molecule has 0 bridgehead atoms. The lowest BCUT2D eigenvalue weighted by molar-refractivity contribution is 0.123. The van der Waals surface area contributed by atoms with Crippen molar-refractivity contribution in [3.8, 4) is 11.8 Å². The van der Waals surface area contributed by atoms with E-state index in [1.807, 2.05) is 42.5 Å². The van der Waals surface area contributed by atoms with Crippen LogP contribution in [-0.4, -0.2) is 55.4 Å². The van der Waals surface area contributed by atoms with E-state index in [0.29, 0.717) is 16.3 Å². The van der Waals surface area contributed by atoms with Gasteiger partial charge in [0.2, 0.25) is 0 Å². The van der Waals surface area contributed by atoms with Crippen LogP contribution in [0.15, 0.2) is 42.5 Å². The molecule has 1 heterocycles. The summed E-state index contributed by atoms with van der Waals surface area (Å²) in [5, 5.41) is 18.9. The predicted octanol–water partition coefficient (Wildman–Crippen LogP) is 3.34. The summed E-state index contributed by atoms with van der Waals surface area (Å²) in [6.45, 7) is 6.81. The lowest BCUT2D eigenvalue weighted by Crippen LogP contribution is -2.47. The molecule has 148 valence electrons. The number of benzene rings is 2. The molecule has 1 atom stereocenters. The summed E-state index contributed by atoms with van der Waals surface area (Å²) in [7, 11) is 0. The Morgan fingerprint density at radius 1 is 1.14 bits per heavy atom. The van der Waals surface area contributed by atoms with E-state index in [2.05, 4.69) is 15.9 Å². The van der Waals surface area contributed by atoms with Crippen molar-refractivity contribution in [1.82, 2.24) is 4.90 Å². The summed E-state index contributed by atoms with van der Waals surface area (Å²) in [4.78, 5) is 4.77. The van der Waals surface area contributed by atoms with Crippen molar-refractivity contribution in [2.45, 2.75) is 19.4 Å². The zero-order valence-corrected chi connectivity index (χ0v) is 16.9. The van der Waals surface area contributed by atoms with E-state index in [9.17, 15) is 5.11 Å². The molecule has 0 saturated carbocycles. The second-order valence-corrected chi connectivity index (χ2v) is 7.57. The van der Waals surface area contributed by atoms with E-state index in [1.165, 1.54) is 5.56 Å². The second kappa shape index (κ2) is 9.79. The lowest BCUT2D eigenvalue weighted by Gasteiger charge is -2.36. The van der Waals surface area contributed by atoms with Crippen LogP contribution in [0.2, 0.25) is 5.02 Å². The second-order valence-electron chi connectivity index (χ2n) is 7.16. The number of halogens is 1. The van der Waals surface area contributed by atoms with Gasteiger partial charge in [-0.3, -0.25) is 4.90 Å². The van der Waals surface area contributed by atoms with Crippen molar-refractivity contribution >= 4 is 17.3 Å². The van der Waals surface area contributed by atoms with E-state index < -0.39 is 6.10 Å². The molecule has 3 rings (SSSR count). The van der Waals surface area contributed by atoms with Crippen molar-refractivity contribution in [2.75, 3.05) is 44.2 Å². The maximum absolute atomic E-state index is 9.32. The average Bonchev–Trinajstić information content (AvgIpc) is 2.71. The molecule has 0 unspecified atom stereocenters. The first-order valence-corrected chi connectivity index (χ1v) is 9.99. The van der Waals surface area contributed by atoms with Crippen molar-refractivity contribution in [3.05, 3.63) is 58.6 Å². The fourth-order valence-electron chi connectivity index (χ4n) is 3.30. The zero-order valence-electron chi connectivity index (χ0n) is 16.1. The van der Waals surface area contributed by atoms with E-state index in [1.54, 1.807) is 6.92 Å². The third-order valence-corrected chi connectivity index (χ3v) is 5.23. The van der Waals surface area contributed by atoms with Crippen LogP contribution >= 0.6 is 11.6 Å². The van der Waals surface area contributed by atoms with Gasteiger partial charge in [-0.25, -0.2) is 0 Å². The molecule has 1 aliphatic rings. The third-order valence-electron chi connectivity index (χ3n) is 4.92. The zero-order chi connectivity index (χ0) is 19.9. The SMILES string of the molecule is C[C@H](O)COc1ccc(N2CCN(CCc3ccc(C#N)cc3)CC2)c(Cl)c1. The highest BCUT2D eigenvalue weighted by Crippen LogP contribution is 2.30. The van der Waals surface area contributed by atoms with Gasteiger partial charge in [0.15, 0.2) is 0 Å². The Hall–Kier alpha value is -2.26. The molecule has 6 heteroatoms. The molecule has 2 aromatic carbocycles. The Kier molecular flexibility index (Phi) is 7.16. The van der Waals surface area contributed by atoms with E-state index in [0.717, 1.165) is 44.8 Å². The van der Waals surface area contributed by atoms with Crippen molar-refractivity contribution in [2.24, 2.45) is 0 Å². The topological polar surface area (TPSA) is 59.7 Å². The molecule has 5 nitrogen and oxygen atoms in total. The van der Waals surface area contributed by atoms with Crippen molar-refractivity contribution < 1.29 is 9.84 Å². The molecule has 0 amide bonds. The highest BCUT2D eigenvalue weighted by atomic mass is 35.5. The molecule has 0 aliphatic carbocycles. The van der Waals surface area contributed by atoms with Crippen LogP contribution in [0.25, 0.3) is 0 Å². The molecule has 1 saturated heterocycles. The maximum atomic E-state index is 9.32. The van der Waals surface area contributed by atoms with E-state index in [4.69, 9.17) is 21.6 Å². The minimum Gasteiger partial charge on any atom is -0.491 e. The summed E-state index contributed by atoms with van der Waals surface area (Å²) in [6, 6.07) is 15.7. The molecule has 1 aliphatic heterocycles. The van der Waals surface area contributed by atoms with Crippen LogP contribution in [0.4, 0.5) is 5.69 Å². The Labute approximate surface area is 171 Å². The summed E-state index contributed by atoms with van der Waals surface area (Å²) in [5.74, 6) is 0.677. The van der Waals surface area contributed by atoms with Gasteiger partial charge < -0.3 is 14.7 Å². The van der Waals surface area contributed by atoms with Gasteiger partial charge in [0.25, 0.3) is 0 Å². The molecule has 2 aromatic rings. The minimum absolute atomic E-state index is 0.258. The number of rotatable bonds is 7. The Bertz CT molecular complexity index is 810. The molecule has 0 radical (unpaired) electrons. The first-order chi connectivity index (χ1) is 13.5. The van der Waals surface area contributed by atoms with Gasteiger partial charge in [-0.15, -0.1) is 0 Å². The molecular weight excluding hydrogens is 374 g/mol. The highest BCUT2D eigenvalue weighted by molar-refractivity contribution is 6.33. The van der Waals surface area contributed by atoms with E-state index in [-0.39, 0.29) is 6.61 Å². The number of ether oxygens (including phenoxy) is 1. The van der Waals surface area contributed by atoms with Crippen molar-refractivity contribution in [3.63, 3.8) is 0 Å². The lowest BCUT2D eigenvalue weighted by atomic mass is 10.1. The summed E-state index contributed by atoms with van der Waals surface area (Å²) < 4.78 is 5.52. The number of anilines is 1. The fourth-order valence-corrected chi connectivity index (χ4v) is 3.59. The molecule has 1 N–H and O–H groups in total. The fraction of sp³-hybridized carbons (Fsp3) is 0.409. The van der Waals surface area contributed by atoms with E-state index >= 15 is 0 Å². The predicted molar refractivity (Wildman–Crippen MR) is 112 cm³/mol. The first kappa shape index (κ1) is 20.5. The quantitative estimate of drug-likeness (QED) is 0.773. The van der Waals surface area contributed by atoms with Crippen LogP contribution in [-0.2, 0) is 6.42 Å². The number of aliphatic hydroxyl groups is 1. The maximum Gasteiger partial charge on any atom is 0.121 e. The van der Waals surface area contributed by atoms with Crippen LogP contribution in [0, 0.1) is 11.3 Å². The molecule has 0 spiro atoms. The van der Waals surface area contributed by atoms with Gasteiger partial charge in [-0.05, 0) is 43.2 Å². The number of nitriles is 1. The molecule has 1 fully saturated rings. The van der Waals surface area contributed by atoms with Gasteiger partial charge >= 0.3 is 0 Å². The highest BCUT2D eigenvalue weighted by Gasteiger charge is 2.19. The largest absolute Gasteiger partial charge is 0.491 e. The normalized spacial score (nSPS) is 15.9. The third kappa shape index (κ3) is 5.62.